The molecule has 7 heteroatoms. The Morgan fingerprint density at radius 1 is 1.15 bits per heavy atom. The van der Waals surface area contributed by atoms with Gasteiger partial charge in [-0.15, -0.1) is 11.3 Å². The van der Waals surface area contributed by atoms with Crippen molar-refractivity contribution in [2.45, 2.75) is 26.3 Å². The molecule has 2 N–H and O–H groups in total. The maximum atomic E-state index is 12.5. The molecule has 27 heavy (non-hydrogen) atoms. The van der Waals surface area contributed by atoms with E-state index in [9.17, 15) is 9.59 Å². The highest BCUT2D eigenvalue weighted by atomic mass is 32.1. The summed E-state index contributed by atoms with van der Waals surface area (Å²) in [4.78, 5) is 25.3. The molecule has 0 fully saturated rings. The molecule has 0 aliphatic carbocycles. The minimum atomic E-state index is -0.701. The lowest BCUT2D eigenvalue weighted by Gasteiger charge is -2.19. The van der Waals surface area contributed by atoms with Crippen LogP contribution in [-0.2, 0) is 4.79 Å². The highest BCUT2D eigenvalue weighted by Gasteiger charge is 2.22. The van der Waals surface area contributed by atoms with Gasteiger partial charge >= 0.3 is 0 Å². The molecule has 1 heterocycles. The van der Waals surface area contributed by atoms with Crippen molar-refractivity contribution < 1.29 is 9.59 Å². The van der Waals surface area contributed by atoms with Crippen molar-refractivity contribution in [2.75, 3.05) is 6.54 Å². The van der Waals surface area contributed by atoms with Gasteiger partial charge in [-0.05, 0) is 41.5 Å². The van der Waals surface area contributed by atoms with Gasteiger partial charge < -0.3 is 10.6 Å². The van der Waals surface area contributed by atoms with E-state index in [0.717, 1.165) is 11.1 Å². The topological polar surface area (TPSA) is 106 Å². The molecule has 1 aromatic carbocycles. The fourth-order valence-electron chi connectivity index (χ4n) is 2.62. The van der Waals surface area contributed by atoms with Gasteiger partial charge in [0, 0.05) is 11.1 Å². The number of benzene rings is 1. The van der Waals surface area contributed by atoms with Crippen LogP contribution in [0.2, 0.25) is 0 Å². The average Bonchev–Trinajstić information content (AvgIpc) is 3.14. The predicted molar refractivity (Wildman–Crippen MR) is 104 cm³/mol. The van der Waals surface area contributed by atoms with Crippen LogP contribution < -0.4 is 10.6 Å². The van der Waals surface area contributed by atoms with Gasteiger partial charge in [-0.25, -0.2) is 0 Å². The van der Waals surface area contributed by atoms with Crippen LogP contribution in [0.3, 0.4) is 0 Å². The van der Waals surface area contributed by atoms with E-state index >= 15 is 0 Å². The number of nitrogens with zero attached hydrogens (tertiary/aromatic N) is 2. The molecule has 0 saturated heterocycles. The van der Waals surface area contributed by atoms with Gasteiger partial charge in [0.05, 0.1) is 6.07 Å². The van der Waals surface area contributed by atoms with E-state index in [0.29, 0.717) is 16.9 Å². The summed E-state index contributed by atoms with van der Waals surface area (Å²) < 4.78 is 0. The van der Waals surface area contributed by atoms with E-state index in [2.05, 4.69) is 16.7 Å². The van der Waals surface area contributed by atoms with Crippen molar-refractivity contribution in [3.63, 3.8) is 0 Å². The van der Waals surface area contributed by atoms with Crippen LogP contribution in [0.15, 0.2) is 35.7 Å². The molecule has 1 aromatic heterocycles. The first-order chi connectivity index (χ1) is 13.0. The minimum absolute atomic E-state index is 0.0974. The zero-order valence-electron chi connectivity index (χ0n) is 15.2. The summed E-state index contributed by atoms with van der Waals surface area (Å²) in [6, 6.07) is 12.1. The van der Waals surface area contributed by atoms with Crippen LogP contribution in [0.25, 0.3) is 11.1 Å². The number of carbonyl (C=O) groups is 2. The summed E-state index contributed by atoms with van der Waals surface area (Å²) in [5.41, 5.74) is 2.12. The summed E-state index contributed by atoms with van der Waals surface area (Å²) in [6.07, 6.45) is 0.474. The Labute approximate surface area is 162 Å². The second kappa shape index (κ2) is 9.51. The smallest absolute Gasteiger partial charge is 0.251 e. The second-order valence-corrected chi connectivity index (χ2v) is 7.30. The first-order valence-electron chi connectivity index (χ1n) is 8.49. The van der Waals surface area contributed by atoms with Gasteiger partial charge in [0.15, 0.2) is 0 Å². The third kappa shape index (κ3) is 5.40. The number of nitriles is 2. The number of amides is 2. The summed E-state index contributed by atoms with van der Waals surface area (Å²) in [7, 11) is 0. The van der Waals surface area contributed by atoms with E-state index in [4.69, 9.17) is 10.5 Å². The first-order valence-corrected chi connectivity index (χ1v) is 9.37. The molecule has 2 amide bonds. The lowest BCUT2D eigenvalue weighted by molar-refractivity contribution is -0.123. The highest BCUT2D eigenvalue weighted by molar-refractivity contribution is 7.11. The van der Waals surface area contributed by atoms with Crippen molar-refractivity contribution >= 4 is 23.2 Å². The molecule has 1 atom stereocenters. The van der Waals surface area contributed by atoms with Crippen LogP contribution in [0.5, 0.6) is 0 Å². The fourth-order valence-corrected chi connectivity index (χ4v) is 3.32. The summed E-state index contributed by atoms with van der Waals surface area (Å²) in [5.74, 6) is -0.522. The van der Waals surface area contributed by atoms with Gasteiger partial charge in [-0.2, -0.15) is 10.5 Å². The van der Waals surface area contributed by atoms with Crippen LogP contribution in [0.4, 0.5) is 0 Å². The third-order valence-electron chi connectivity index (χ3n) is 3.90. The van der Waals surface area contributed by atoms with Crippen molar-refractivity contribution in [1.82, 2.24) is 10.6 Å². The highest BCUT2D eigenvalue weighted by Crippen LogP contribution is 2.27. The van der Waals surface area contributed by atoms with Gasteiger partial charge in [0.2, 0.25) is 5.91 Å². The molecule has 6 nitrogen and oxygen atoms in total. The molecule has 0 spiro atoms. The molecule has 0 aliphatic heterocycles. The summed E-state index contributed by atoms with van der Waals surface area (Å²) >= 11 is 1.37. The maximum absolute atomic E-state index is 12.5. The Balaban J connectivity index is 2.12. The van der Waals surface area contributed by atoms with Gasteiger partial charge in [-0.1, -0.05) is 26.0 Å². The van der Waals surface area contributed by atoms with Crippen molar-refractivity contribution in [1.29, 1.82) is 10.5 Å². The van der Waals surface area contributed by atoms with Crippen molar-refractivity contribution in [3.8, 4) is 23.3 Å². The largest absolute Gasteiger partial charge is 0.341 e. The van der Waals surface area contributed by atoms with Crippen LogP contribution in [-0.4, -0.2) is 24.4 Å². The molecule has 0 aliphatic rings. The van der Waals surface area contributed by atoms with Crippen LogP contribution in [0, 0.1) is 28.6 Å². The number of thiophene rings is 1. The Hall–Kier alpha value is -3.16. The lowest BCUT2D eigenvalue weighted by Crippen LogP contribution is -2.47. The van der Waals surface area contributed by atoms with E-state index in [1.165, 1.54) is 11.3 Å². The number of hydrogen-bond donors (Lipinski definition) is 2. The van der Waals surface area contributed by atoms with Crippen molar-refractivity contribution in [3.05, 3.63) is 46.2 Å². The zero-order valence-corrected chi connectivity index (χ0v) is 16.0. The monoisotopic (exact) mass is 380 g/mol. The zero-order chi connectivity index (χ0) is 19.8. The van der Waals surface area contributed by atoms with Gasteiger partial charge in [0.1, 0.15) is 23.5 Å². The van der Waals surface area contributed by atoms with Gasteiger partial charge in [0.25, 0.3) is 5.91 Å². The van der Waals surface area contributed by atoms with Crippen LogP contribution in [0.1, 0.15) is 35.5 Å². The Morgan fingerprint density at radius 3 is 2.44 bits per heavy atom. The molecular formula is C20H20N4O2S. The van der Waals surface area contributed by atoms with E-state index in [-0.39, 0.29) is 24.3 Å². The van der Waals surface area contributed by atoms with E-state index < -0.39 is 6.04 Å². The fraction of sp³-hybridized carbons (Fsp3) is 0.300. The summed E-state index contributed by atoms with van der Waals surface area (Å²) in [5, 5.41) is 24.8. The number of rotatable bonds is 7. The molecule has 0 radical (unpaired) electrons. The normalized spacial score (nSPS) is 11.3. The quantitative estimate of drug-likeness (QED) is 0.720. The SMILES string of the molecule is CC(C)C[C@H](NC(=O)c1ccc(-c2ccsc2C#N)cc1)C(=O)NCC#N. The molecule has 2 aromatic rings. The third-order valence-corrected chi connectivity index (χ3v) is 4.71. The molecule has 138 valence electrons. The molecule has 0 saturated carbocycles. The molecule has 2 rings (SSSR count). The molecule has 0 unspecified atom stereocenters. The Kier molecular flexibility index (Phi) is 7.10. The predicted octanol–water partition coefficient (Wildman–Crippen LogP) is 3.07. The first kappa shape index (κ1) is 20.2. The average molecular weight is 380 g/mol. The second-order valence-electron chi connectivity index (χ2n) is 6.38. The maximum Gasteiger partial charge on any atom is 0.251 e. The number of hydrogen-bond acceptors (Lipinski definition) is 5. The van der Waals surface area contributed by atoms with Crippen LogP contribution >= 0.6 is 11.3 Å². The lowest BCUT2D eigenvalue weighted by atomic mass is 10.0. The van der Waals surface area contributed by atoms with Gasteiger partial charge in [-0.3, -0.25) is 9.59 Å². The van der Waals surface area contributed by atoms with Crippen molar-refractivity contribution in [2.24, 2.45) is 5.92 Å². The Morgan fingerprint density at radius 2 is 1.85 bits per heavy atom. The van der Waals surface area contributed by atoms with E-state index in [1.807, 2.05) is 31.4 Å². The standard InChI is InChI=1S/C20H20N4O2S/c1-13(2)11-17(20(26)23-9-8-21)24-19(25)15-5-3-14(4-6-15)16-7-10-27-18(16)12-22/h3-7,10,13,17H,9,11H2,1-2H3,(H,23,26)(H,24,25)/t17-/m0/s1. The number of nitrogens with one attached hydrogen (secondary N) is 2. The number of carbonyl (C=O) groups excluding carboxylic acids is 2. The van der Waals surface area contributed by atoms with E-state index in [1.54, 1.807) is 24.3 Å². The summed E-state index contributed by atoms with van der Waals surface area (Å²) in [6.45, 7) is 3.82. The molecule has 0 bridgehead atoms. The minimum Gasteiger partial charge on any atom is -0.341 e. The Bertz CT molecular complexity index is 888. The molecular weight excluding hydrogens is 360 g/mol.